The van der Waals surface area contributed by atoms with Crippen molar-refractivity contribution < 1.29 is 13.2 Å². The molecule has 0 spiro atoms. The second-order valence-corrected chi connectivity index (χ2v) is 8.39. The minimum Gasteiger partial charge on any atom is -0.321 e. The second kappa shape index (κ2) is 7.14. The number of anilines is 2. The topological polar surface area (TPSA) is 75.3 Å². The predicted molar refractivity (Wildman–Crippen MR) is 95.9 cm³/mol. The maximum absolute atomic E-state index is 12.2. The highest BCUT2D eigenvalue weighted by Gasteiger charge is 2.14. The quantitative estimate of drug-likeness (QED) is 0.831. The minimum absolute atomic E-state index is 0.0670. The third-order valence-electron chi connectivity index (χ3n) is 3.28. The van der Waals surface area contributed by atoms with Crippen LogP contribution in [0.2, 0.25) is 0 Å². The number of hydrogen-bond donors (Lipinski definition) is 2. The number of sulfonamides is 1. The van der Waals surface area contributed by atoms with Crippen molar-refractivity contribution in [2.75, 3.05) is 15.8 Å². The van der Waals surface area contributed by atoms with Gasteiger partial charge >= 0.3 is 0 Å². The molecule has 0 radical (unpaired) electrons. The summed E-state index contributed by atoms with van der Waals surface area (Å²) in [5.41, 5.74) is 1.77. The molecule has 0 aliphatic carbocycles. The lowest BCUT2D eigenvalue weighted by Gasteiger charge is -2.14. The molecule has 1 heterocycles. The number of rotatable bonds is 6. The van der Waals surface area contributed by atoms with E-state index in [0.29, 0.717) is 28.2 Å². The SMILES string of the molecule is CCCS(=O)(=O)Nc1cccc(NC(=O)c2ccc(C)s2)c1C. The van der Waals surface area contributed by atoms with Gasteiger partial charge in [-0.3, -0.25) is 9.52 Å². The van der Waals surface area contributed by atoms with E-state index in [1.54, 1.807) is 31.2 Å². The van der Waals surface area contributed by atoms with Gasteiger partial charge in [-0.25, -0.2) is 8.42 Å². The molecule has 0 saturated heterocycles. The van der Waals surface area contributed by atoms with E-state index < -0.39 is 10.0 Å². The molecule has 2 aromatic rings. The monoisotopic (exact) mass is 352 g/mol. The van der Waals surface area contributed by atoms with Gasteiger partial charge in [-0.05, 0) is 50.1 Å². The van der Waals surface area contributed by atoms with E-state index in [0.717, 1.165) is 4.88 Å². The second-order valence-electron chi connectivity index (χ2n) is 5.26. The van der Waals surface area contributed by atoms with Crippen molar-refractivity contribution in [1.29, 1.82) is 0 Å². The fourth-order valence-electron chi connectivity index (χ4n) is 2.11. The standard InChI is InChI=1S/C16H20N2O3S2/c1-4-10-23(20,21)18-14-7-5-6-13(12(14)3)17-16(19)15-9-8-11(2)22-15/h5-9,18H,4,10H2,1-3H3,(H,17,19). The van der Waals surface area contributed by atoms with E-state index in [1.165, 1.54) is 11.3 Å². The molecule has 0 aliphatic rings. The van der Waals surface area contributed by atoms with Crippen LogP contribution in [-0.2, 0) is 10.0 Å². The Morgan fingerprint density at radius 3 is 2.43 bits per heavy atom. The van der Waals surface area contributed by atoms with Gasteiger partial charge < -0.3 is 5.32 Å². The van der Waals surface area contributed by atoms with Crippen LogP contribution in [0.3, 0.4) is 0 Å². The smallest absolute Gasteiger partial charge is 0.265 e. The number of carbonyl (C=O) groups is 1. The Morgan fingerprint density at radius 2 is 1.83 bits per heavy atom. The highest BCUT2D eigenvalue weighted by Crippen LogP contribution is 2.25. The van der Waals surface area contributed by atoms with Crippen LogP contribution in [0.1, 0.15) is 33.5 Å². The molecule has 2 N–H and O–H groups in total. The summed E-state index contributed by atoms with van der Waals surface area (Å²) in [5.74, 6) is -0.128. The summed E-state index contributed by atoms with van der Waals surface area (Å²) in [5, 5.41) is 2.83. The summed E-state index contributed by atoms with van der Waals surface area (Å²) < 4.78 is 26.4. The molecular weight excluding hydrogens is 332 g/mol. The van der Waals surface area contributed by atoms with E-state index in [4.69, 9.17) is 0 Å². The third-order valence-corrected chi connectivity index (χ3v) is 5.76. The summed E-state index contributed by atoms with van der Waals surface area (Å²) in [6.45, 7) is 5.53. The fraction of sp³-hybridized carbons (Fsp3) is 0.312. The molecule has 2 rings (SSSR count). The first-order valence-electron chi connectivity index (χ1n) is 7.30. The van der Waals surface area contributed by atoms with Crippen LogP contribution in [0.15, 0.2) is 30.3 Å². The third kappa shape index (κ3) is 4.56. The zero-order chi connectivity index (χ0) is 17.0. The Labute approximate surface area is 140 Å². The molecule has 5 nitrogen and oxygen atoms in total. The van der Waals surface area contributed by atoms with E-state index in [2.05, 4.69) is 10.0 Å². The van der Waals surface area contributed by atoms with Gasteiger partial charge in [0.2, 0.25) is 10.0 Å². The molecule has 0 atom stereocenters. The van der Waals surface area contributed by atoms with Crippen molar-refractivity contribution in [2.45, 2.75) is 27.2 Å². The Hall–Kier alpha value is -1.86. The zero-order valence-corrected chi connectivity index (χ0v) is 15.0. The Balaban J connectivity index is 2.21. The molecule has 124 valence electrons. The molecule has 0 saturated carbocycles. The molecule has 1 amide bonds. The van der Waals surface area contributed by atoms with Crippen LogP contribution in [0.5, 0.6) is 0 Å². The average molecular weight is 352 g/mol. The first-order valence-corrected chi connectivity index (χ1v) is 9.77. The van der Waals surface area contributed by atoms with Crippen molar-refractivity contribution in [2.24, 2.45) is 0 Å². The van der Waals surface area contributed by atoms with Crippen molar-refractivity contribution in [3.05, 3.63) is 45.6 Å². The van der Waals surface area contributed by atoms with E-state index in [9.17, 15) is 13.2 Å². The number of hydrogen-bond acceptors (Lipinski definition) is 4. The molecule has 0 fully saturated rings. The maximum atomic E-state index is 12.2. The molecule has 1 aromatic heterocycles. The number of amides is 1. The van der Waals surface area contributed by atoms with Crippen molar-refractivity contribution in [1.82, 2.24) is 0 Å². The Kier molecular flexibility index (Phi) is 5.43. The van der Waals surface area contributed by atoms with Gasteiger partial charge in [-0.1, -0.05) is 13.0 Å². The molecule has 23 heavy (non-hydrogen) atoms. The van der Waals surface area contributed by atoms with E-state index >= 15 is 0 Å². The predicted octanol–water partition coefficient (Wildman–Crippen LogP) is 3.77. The average Bonchev–Trinajstić information content (AvgIpc) is 2.89. The summed E-state index contributed by atoms with van der Waals surface area (Å²) in [6.07, 6.45) is 0.544. The Morgan fingerprint density at radius 1 is 1.13 bits per heavy atom. The number of aryl methyl sites for hydroxylation is 1. The van der Waals surface area contributed by atoms with Gasteiger partial charge in [-0.15, -0.1) is 11.3 Å². The van der Waals surface area contributed by atoms with Gasteiger partial charge in [0.1, 0.15) is 0 Å². The van der Waals surface area contributed by atoms with Crippen LogP contribution >= 0.6 is 11.3 Å². The number of nitrogens with one attached hydrogen (secondary N) is 2. The lowest BCUT2D eigenvalue weighted by molar-refractivity contribution is 0.103. The van der Waals surface area contributed by atoms with Crippen molar-refractivity contribution in [3.8, 4) is 0 Å². The first-order chi connectivity index (χ1) is 10.8. The molecular formula is C16H20N2O3S2. The molecule has 1 aromatic carbocycles. The summed E-state index contributed by atoms with van der Waals surface area (Å²) in [6, 6.07) is 8.82. The largest absolute Gasteiger partial charge is 0.321 e. The van der Waals surface area contributed by atoms with Crippen LogP contribution < -0.4 is 10.0 Å². The number of thiophene rings is 1. The van der Waals surface area contributed by atoms with Crippen molar-refractivity contribution in [3.63, 3.8) is 0 Å². The minimum atomic E-state index is -3.36. The summed E-state index contributed by atoms with van der Waals surface area (Å²) in [7, 11) is -3.36. The van der Waals surface area contributed by atoms with Crippen molar-refractivity contribution >= 4 is 38.6 Å². The fourth-order valence-corrected chi connectivity index (χ4v) is 4.07. The number of carbonyl (C=O) groups excluding carboxylic acids is 1. The molecule has 0 unspecified atom stereocenters. The van der Waals surface area contributed by atoms with Crippen LogP contribution in [0, 0.1) is 13.8 Å². The summed E-state index contributed by atoms with van der Waals surface area (Å²) >= 11 is 1.42. The highest BCUT2D eigenvalue weighted by molar-refractivity contribution is 7.92. The number of benzene rings is 1. The van der Waals surface area contributed by atoms with Gasteiger partial charge in [0.05, 0.1) is 16.3 Å². The van der Waals surface area contributed by atoms with Gasteiger partial charge in [-0.2, -0.15) is 0 Å². The lowest BCUT2D eigenvalue weighted by Crippen LogP contribution is -2.17. The highest BCUT2D eigenvalue weighted by atomic mass is 32.2. The van der Waals surface area contributed by atoms with Crippen LogP contribution in [0.25, 0.3) is 0 Å². The molecule has 0 aliphatic heterocycles. The van der Waals surface area contributed by atoms with Crippen LogP contribution in [-0.4, -0.2) is 20.1 Å². The maximum Gasteiger partial charge on any atom is 0.265 e. The van der Waals surface area contributed by atoms with Crippen LogP contribution in [0.4, 0.5) is 11.4 Å². The van der Waals surface area contributed by atoms with Gasteiger partial charge in [0.15, 0.2) is 0 Å². The van der Waals surface area contributed by atoms with E-state index in [-0.39, 0.29) is 11.7 Å². The van der Waals surface area contributed by atoms with E-state index in [1.807, 2.05) is 19.9 Å². The Bertz CT molecular complexity index is 810. The molecule has 7 heteroatoms. The zero-order valence-electron chi connectivity index (χ0n) is 13.3. The summed E-state index contributed by atoms with van der Waals surface area (Å²) in [4.78, 5) is 13.9. The van der Waals surface area contributed by atoms with Gasteiger partial charge in [0.25, 0.3) is 5.91 Å². The first kappa shape index (κ1) is 17.5. The van der Waals surface area contributed by atoms with Gasteiger partial charge in [0, 0.05) is 10.6 Å². The molecule has 0 bridgehead atoms. The normalized spacial score (nSPS) is 11.3. The lowest BCUT2D eigenvalue weighted by atomic mass is 10.1.